The third-order valence-corrected chi connectivity index (χ3v) is 3.96. The molecule has 1 heterocycles. The number of halogens is 4. The number of ether oxygens (including phenoxy) is 1. The molecular weight excluding hydrogens is 386 g/mol. The van der Waals surface area contributed by atoms with Crippen molar-refractivity contribution in [3.05, 3.63) is 33.6 Å². The Morgan fingerprint density at radius 2 is 2.08 bits per heavy atom. The van der Waals surface area contributed by atoms with Crippen molar-refractivity contribution in [1.29, 1.82) is 0 Å². The fourth-order valence-electron chi connectivity index (χ4n) is 2.25. The molecule has 1 aromatic carbocycles. The molecule has 10 heteroatoms. The molecular formula is C14H16Cl3FN2O4. The predicted molar refractivity (Wildman–Crippen MR) is 89.4 cm³/mol. The summed E-state index contributed by atoms with van der Waals surface area (Å²) in [6, 6.07) is 2.54. The van der Waals surface area contributed by atoms with Crippen molar-refractivity contribution in [1.82, 2.24) is 10.2 Å². The van der Waals surface area contributed by atoms with Crippen LogP contribution >= 0.6 is 35.6 Å². The lowest BCUT2D eigenvalue weighted by atomic mass is 10.1. The molecule has 1 unspecified atom stereocenters. The van der Waals surface area contributed by atoms with E-state index in [9.17, 15) is 14.0 Å². The van der Waals surface area contributed by atoms with Gasteiger partial charge in [0, 0.05) is 23.7 Å². The van der Waals surface area contributed by atoms with Crippen LogP contribution in [0.25, 0.3) is 0 Å². The summed E-state index contributed by atoms with van der Waals surface area (Å²) < 4.78 is 19.2. The van der Waals surface area contributed by atoms with Crippen LogP contribution in [-0.4, -0.2) is 54.7 Å². The molecule has 2 N–H and O–H groups in total. The molecule has 0 bridgehead atoms. The predicted octanol–water partition coefficient (Wildman–Crippen LogP) is 2.13. The lowest BCUT2D eigenvalue weighted by molar-refractivity contribution is -0.138. The highest BCUT2D eigenvalue weighted by Gasteiger charge is 2.26. The first kappa shape index (κ1) is 20.9. The summed E-state index contributed by atoms with van der Waals surface area (Å²) in [5.74, 6) is -2.10. The van der Waals surface area contributed by atoms with E-state index in [1.54, 1.807) is 4.90 Å². The molecule has 0 aliphatic carbocycles. The number of nitrogens with one attached hydrogen (secondary N) is 1. The van der Waals surface area contributed by atoms with Crippen molar-refractivity contribution in [2.24, 2.45) is 0 Å². The third kappa shape index (κ3) is 5.75. The zero-order valence-corrected chi connectivity index (χ0v) is 14.8. The van der Waals surface area contributed by atoms with Gasteiger partial charge >= 0.3 is 5.97 Å². The fourth-order valence-corrected chi connectivity index (χ4v) is 2.76. The summed E-state index contributed by atoms with van der Waals surface area (Å²) in [6.07, 6.45) is -0.490. The van der Waals surface area contributed by atoms with E-state index in [1.165, 1.54) is 12.1 Å². The number of carboxylic acids is 1. The quantitative estimate of drug-likeness (QED) is 0.739. The van der Waals surface area contributed by atoms with Gasteiger partial charge in [0.25, 0.3) is 0 Å². The molecule has 2 rings (SSSR count). The second-order valence-corrected chi connectivity index (χ2v) is 5.87. The van der Waals surface area contributed by atoms with Gasteiger partial charge in [0.05, 0.1) is 24.3 Å². The Labute approximate surface area is 154 Å². The van der Waals surface area contributed by atoms with Crippen LogP contribution in [-0.2, 0) is 14.3 Å². The van der Waals surface area contributed by atoms with Crippen molar-refractivity contribution in [3.8, 4) is 0 Å². The van der Waals surface area contributed by atoms with Crippen molar-refractivity contribution in [2.45, 2.75) is 6.10 Å². The maximum absolute atomic E-state index is 13.6. The second-order valence-electron chi connectivity index (χ2n) is 5.05. The summed E-state index contributed by atoms with van der Waals surface area (Å²) in [6.45, 7) is 0.783. The Hall–Kier alpha value is -1.12. The number of hydrogen-bond donors (Lipinski definition) is 2. The van der Waals surface area contributed by atoms with E-state index >= 15 is 0 Å². The van der Waals surface area contributed by atoms with Gasteiger partial charge in [-0.05, 0) is 12.1 Å². The van der Waals surface area contributed by atoms with Crippen LogP contribution in [0.5, 0.6) is 0 Å². The lowest BCUT2D eigenvalue weighted by Crippen LogP contribution is -2.45. The van der Waals surface area contributed by atoms with Crippen LogP contribution < -0.4 is 5.32 Å². The van der Waals surface area contributed by atoms with E-state index in [2.05, 4.69) is 5.32 Å². The average molecular weight is 402 g/mol. The third-order valence-electron chi connectivity index (χ3n) is 3.34. The van der Waals surface area contributed by atoms with Gasteiger partial charge in [-0.15, -0.1) is 12.4 Å². The standard InChI is InChI=1S/C14H15Cl2FN2O4.ClH/c15-9-4-10(16)11(17)3-8(9)12-6-19(1-2-23-12)7-13(20)18-5-14(21)22;/h3-4,12H,1-2,5-7H2,(H,18,20)(H,21,22);1H. The van der Waals surface area contributed by atoms with Gasteiger partial charge in [-0.3, -0.25) is 14.5 Å². The van der Waals surface area contributed by atoms with Crippen LogP contribution in [0.15, 0.2) is 12.1 Å². The highest BCUT2D eigenvalue weighted by molar-refractivity contribution is 6.35. The smallest absolute Gasteiger partial charge is 0.322 e. The number of morpholine rings is 1. The molecule has 0 aromatic heterocycles. The van der Waals surface area contributed by atoms with Gasteiger partial charge < -0.3 is 15.2 Å². The molecule has 134 valence electrons. The monoisotopic (exact) mass is 400 g/mol. The summed E-state index contributed by atoms with van der Waals surface area (Å²) in [7, 11) is 0. The molecule has 1 aliphatic rings. The summed E-state index contributed by atoms with van der Waals surface area (Å²) >= 11 is 11.7. The van der Waals surface area contributed by atoms with E-state index in [0.717, 1.165) is 0 Å². The molecule has 24 heavy (non-hydrogen) atoms. The van der Waals surface area contributed by atoms with Crippen molar-refractivity contribution in [3.63, 3.8) is 0 Å². The average Bonchev–Trinajstić information content (AvgIpc) is 2.49. The zero-order valence-electron chi connectivity index (χ0n) is 12.4. The minimum atomic E-state index is -1.11. The largest absolute Gasteiger partial charge is 0.480 e. The normalized spacial score (nSPS) is 17.9. The summed E-state index contributed by atoms with van der Waals surface area (Å²) in [4.78, 5) is 23.9. The number of carbonyl (C=O) groups excluding carboxylic acids is 1. The summed E-state index contributed by atoms with van der Waals surface area (Å²) in [5.41, 5.74) is 0.462. The van der Waals surface area contributed by atoms with E-state index < -0.39 is 30.3 Å². The van der Waals surface area contributed by atoms with Crippen LogP contribution in [0.4, 0.5) is 4.39 Å². The molecule has 1 atom stereocenters. The molecule has 0 radical (unpaired) electrons. The number of aliphatic carboxylic acids is 1. The van der Waals surface area contributed by atoms with Gasteiger partial charge in [0.15, 0.2) is 0 Å². The maximum atomic E-state index is 13.6. The van der Waals surface area contributed by atoms with Gasteiger partial charge in [-0.25, -0.2) is 4.39 Å². The highest BCUT2D eigenvalue weighted by atomic mass is 35.5. The van der Waals surface area contributed by atoms with E-state index in [-0.39, 0.29) is 24.0 Å². The molecule has 1 saturated heterocycles. The molecule has 1 aromatic rings. The van der Waals surface area contributed by atoms with Crippen molar-refractivity contribution >= 4 is 47.5 Å². The van der Waals surface area contributed by atoms with Gasteiger partial charge in [-0.2, -0.15) is 0 Å². The lowest BCUT2D eigenvalue weighted by Gasteiger charge is -2.33. The topological polar surface area (TPSA) is 78.9 Å². The van der Waals surface area contributed by atoms with Crippen molar-refractivity contribution in [2.75, 3.05) is 32.8 Å². The van der Waals surface area contributed by atoms with Gasteiger partial charge in [0.2, 0.25) is 5.91 Å². The number of carbonyl (C=O) groups is 2. The Kier molecular flexibility index (Phi) is 8.18. The molecule has 0 saturated carbocycles. The summed E-state index contributed by atoms with van der Waals surface area (Å²) in [5, 5.41) is 11.0. The Bertz CT molecular complexity index is 618. The van der Waals surface area contributed by atoms with E-state index in [0.29, 0.717) is 30.3 Å². The zero-order chi connectivity index (χ0) is 17.0. The molecule has 6 nitrogen and oxygen atoms in total. The Balaban J connectivity index is 0.00000288. The fraction of sp³-hybridized carbons (Fsp3) is 0.429. The Morgan fingerprint density at radius 3 is 2.75 bits per heavy atom. The molecule has 1 fully saturated rings. The number of hydrogen-bond acceptors (Lipinski definition) is 4. The minimum absolute atomic E-state index is 0. The number of amides is 1. The number of carboxylic acid groups (broad SMARTS) is 1. The maximum Gasteiger partial charge on any atom is 0.322 e. The van der Waals surface area contributed by atoms with Crippen LogP contribution in [0.2, 0.25) is 10.0 Å². The SMILES string of the molecule is Cl.O=C(O)CNC(=O)CN1CCOC(c2cc(F)c(Cl)cc2Cl)C1. The first-order valence-corrected chi connectivity index (χ1v) is 7.59. The van der Waals surface area contributed by atoms with Gasteiger partial charge in [-0.1, -0.05) is 23.2 Å². The van der Waals surface area contributed by atoms with Crippen LogP contribution in [0.1, 0.15) is 11.7 Å². The number of rotatable bonds is 5. The first-order chi connectivity index (χ1) is 10.9. The number of nitrogens with zero attached hydrogens (tertiary/aromatic N) is 1. The van der Waals surface area contributed by atoms with Gasteiger partial charge in [0.1, 0.15) is 12.4 Å². The molecule has 1 aliphatic heterocycles. The van der Waals surface area contributed by atoms with Crippen LogP contribution in [0, 0.1) is 5.82 Å². The van der Waals surface area contributed by atoms with E-state index in [1.807, 2.05) is 0 Å². The second kappa shape index (κ2) is 9.39. The van der Waals surface area contributed by atoms with Crippen LogP contribution in [0.3, 0.4) is 0 Å². The highest BCUT2D eigenvalue weighted by Crippen LogP contribution is 2.32. The molecule has 0 spiro atoms. The molecule has 1 amide bonds. The van der Waals surface area contributed by atoms with E-state index in [4.69, 9.17) is 33.0 Å². The minimum Gasteiger partial charge on any atom is -0.480 e. The first-order valence-electron chi connectivity index (χ1n) is 6.83. The Morgan fingerprint density at radius 1 is 1.38 bits per heavy atom. The van der Waals surface area contributed by atoms with Crippen molar-refractivity contribution < 1.29 is 23.8 Å². The number of benzene rings is 1.